The Morgan fingerprint density at radius 3 is 1.36 bits per heavy atom. The lowest BCUT2D eigenvalue weighted by Crippen LogP contribution is -2.62. The number of phenols is 2. The molecule has 0 bridgehead atoms. The van der Waals surface area contributed by atoms with Crippen LogP contribution in [0.1, 0.15) is 122 Å². The van der Waals surface area contributed by atoms with Crippen molar-refractivity contribution >= 4 is 33.2 Å². The third-order valence-corrected chi connectivity index (χ3v) is 14.0. The highest BCUT2D eigenvalue weighted by atomic mass is 16.5. The third kappa shape index (κ3) is 13.8. The summed E-state index contributed by atoms with van der Waals surface area (Å²) in [6.07, 6.45) is 5.14. The second-order valence-electron chi connectivity index (χ2n) is 24.2. The number of aromatic nitrogens is 4. The highest BCUT2D eigenvalue weighted by Crippen LogP contribution is 2.39. The summed E-state index contributed by atoms with van der Waals surface area (Å²) in [7, 11) is 4.17. The number of aromatic hydroxyl groups is 2. The van der Waals surface area contributed by atoms with Crippen LogP contribution in [0, 0.1) is 0 Å². The lowest BCUT2D eigenvalue weighted by atomic mass is 9.79. The number of anilines is 2. The van der Waals surface area contributed by atoms with Gasteiger partial charge < -0.3 is 50.3 Å². The molecule has 2 fully saturated rings. The van der Waals surface area contributed by atoms with E-state index in [9.17, 15) is 20.4 Å². The van der Waals surface area contributed by atoms with E-state index in [1.807, 2.05) is 86.6 Å². The number of nitrogens with one attached hydrogen (secondary N) is 2. The number of hydrogen-bond acceptors (Lipinski definition) is 14. The minimum atomic E-state index is -0.768. The predicted octanol–water partition coefficient (Wildman–Crippen LogP) is 10.6. The second kappa shape index (κ2) is 20.6. The molecule has 0 spiro atoms. The Morgan fingerprint density at radius 2 is 0.972 bits per heavy atom. The molecule has 2 aliphatic rings. The van der Waals surface area contributed by atoms with Gasteiger partial charge in [-0.3, -0.25) is 0 Å². The molecule has 0 amide bonds. The van der Waals surface area contributed by atoms with Crippen LogP contribution in [0.15, 0.2) is 84.9 Å². The molecule has 4 aromatic carbocycles. The number of aliphatic hydroxyl groups excluding tert-OH is 1. The fraction of sp³-hybridized carbons (Fsp3) is 0.517. The average molecular weight is 985 g/mol. The molecular weight excluding hydrogens is 905 g/mol. The smallest absolute Gasteiger partial charge is 0.151 e. The summed E-state index contributed by atoms with van der Waals surface area (Å²) in [5.74, 6) is 3.34. The monoisotopic (exact) mass is 985 g/mol. The van der Waals surface area contributed by atoms with E-state index in [2.05, 4.69) is 110 Å². The fourth-order valence-electron chi connectivity index (χ4n) is 10.9. The Labute approximate surface area is 427 Å². The molecule has 14 nitrogen and oxygen atoms in total. The number of benzene rings is 4. The summed E-state index contributed by atoms with van der Waals surface area (Å²) in [5, 5.41) is 69.8. The van der Waals surface area contributed by atoms with Gasteiger partial charge in [-0.2, -0.15) is 0 Å². The average Bonchev–Trinajstić information content (AvgIpc) is 3.26. The molecular formula is C58H80N8O6. The van der Waals surface area contributed by atoms with Crippen LogP contribution in [-0.4, -0.2) is 114 Å². The quantitative estimate of drug-likeness (QED) is 0.0607. The molecule has 2 aliphatic heterocycles. The molecule has 4 heterocycles. The minimum absolute atomic E-state index is 0.0461. The Kier molecular flexibility index (Phi) is 15.5. The number of hydrogen-bond donors (Lipinski definition) is 6. The Hall–Kier alpha value is -5.80. The fourth-order valence-corrected chi connectivity index (χ4v) is 10.9. The molecule has 14 heteroatoms. The van der Waals surface area contributed by atoms with Gasteiger partial charge in [0.15, 0.2) is 11.6 Å². The summed E-state index contributed by atoms with van der Waals surface area (Å²) in [6.45, 7) is 25.9. The van der Waals surface area contributed by atoms with Crippen molar-refractivity contribution in [2.24, 2.45) is 0 Å². The zero-order valence-corrected chi connectivity index (χ0v) is 45.2. The summed E-state index contributed by atoms with van der Waals surface area (Å²) >= 11 is 0. The predicted molar refractivity (Wildman–Crippen MR) is 292 cm³/mol. The number of aliphatic hydroxyl groups is 2. The van der Waals surface area contributed by atoms with E-state index in [0.717, 1.165) is 58.9 Å². The van der Waals surface area contributed by atoms with Gasteiger partial charge in [-0.1, -0.05) is 12.1 Å². The number of rotatable bonds is 14. The summed E-state index contributed by atoms with van der Waals surface area (Å²) in [6, 6.07) is 27.4. The molecule has 8 rings (SSSR count). The molecule has 6 aromatic rings. The Balaban J connectivity index is 0.000000211. The maximum absolute atomic E-state index is 10.8. The van der Waals surface area contributed by atoms with Crippen LogP contribution >= 0.6 is 0 Å². The van der Waals surface area contributed by atoms with Gasteiger partial charge in [-0.25, -0.2) is 0 Å². The van der Waals surface area contributed by atoms with E-state index in [0.29, 0.717) is 65.5 Å². The molecule has 2 aromatic heterocycles. The van der Waals surface area contributed by atoms with E-state index >= 15 is 0 Å². The molecule has 0 radical (unpaired) electrons. The molecule has 72 heavy (non-hydrogen) atoms. The van der Waals surface area contributed by atoms with Crippen molar-refractivity contribution in [1.29, 1.82) is 0 Å². The van der Waals surface area contributed by atoms with E-state index in [-0.39, 0.29) is 40.3 Å². The van der Waals surface area contributed by atoms with Crippen molar-refractivity contribution in [3.05, 3.63) is 84.9 Å². The summed E-state index contributed by atoms with van der Waals surface area (Å²) in [5.41, 5.74) is 1.48. The molecule has 0 unspecified atom stereocenters. The lowest BCUT2D eigenvalue weighted by Gasteiger charge is -2.49. The van der Waals surface area contributed by atoms with E-state index in [1.54, 1.807) is 26.0 Å². The van der Waals surface area contributed by atoms with Gasteiger partial charge in [0.1, 0.15) is 28.6 Å². The van der Waals surface area contributed by atoms with Crippen LogP contribution in [0.5, 0.6) is 23.0 Å². The number of phenolic OH excluding ortho intramolecular Hbond substituents is 2. The number of ether oxygens (including phenoxy) is 2. The Bertz CT molecular complexity index is 2790. The highest BCUT2D eigenvalue weighted by Gasteiger charge is 2.41. The summed E-state index contributed by atoms with van der Waals surface area (Å²) < 4.78 is 11.8. The zero-order chi connectivity index (χ0) is 52.6. The first-order valence-electron chi connectivity index (χ1n) is 25.4. The van der Waals surface area contributed by atoms with Crippen molar-refractivity contribution in [1.82, 2.24) is 31.0 Å². The first kappa shape index (κ1) is 54.0. The second-order valence-corrected chi connectivity index (χ2v) is 24.2. The van der Waals surface area contributed by atoms with Gasteiger partial charge in [0.2, 0.25) is 0 Å². The van der Waals surface area contributed by atoms with Gasteiger partial charge in [0, 0.05) is 78.9 Å². The van der Waals surface area contributed by atoms with Crippen LogP contribution in [0.2, 0.25) is 0 Å². The number of piperidine rings is 2. The largest absolute Gasteiger partial charge is 0.507 e. The first-order valence-corrected chi connectivity index (χ1v) is 25.4. The van der Waals surface area contributed by atoms with Gasteiger partial charge in [0.25, 0.3) is 0 Å². The van der Waals surface area contributed by atoms with Crippen molar-refractivity contribution in [2.45, 2.75) is 167 Å². The van der Waals surface area contributed by atoms with Crippen molar-refractivity contribution in [2.75, 3.05) is 37.1 Å². The van der Waals surface area contributed by atoms with Crippen LogP contribution in [0.25, 0.3) is 44.1 Å². The van der Waals surface area contributed by atoms with E-state index in [4.69, 9.17) is 9.47 Å². The molecule has 388 valence electrons. The van der Waals surface area contributed by atoms with Crippen LogP contribution in [0.4, 0.5) is 11.6 Å². The van der Waals surface area contributed by atoms with Crippen molar-refractivity contribution in [3.63, 3.8) is 0 Å². The van der Waals surface area contributed by atoms with E-state index in [1.165, 1.54) is 0 Å². The Morgan fingerprint density at radius 1 is 0.556 bits per heavy atom. The van der Waals surface area contributed by atoms with Crippen LogP contribution in [0.3, 0.4) is 0 Å². The maximum Gasteiger partial charge on any atom is 0.151 e. The van der Waals surface area contributed by atoms with Crippen molar-refractivity contribution < 1.29 is 29.9 Å². The number of fused-ring (bicyclic) bond motifs is 2. The SMILES string of the molecule is CN(c1ccc(-c2cc3ccc(OC(C)(C)CCO)cc3cc2O)nn1)C1CC(C)(C)NC(C)(C)C1.CN(c1ccc(-c2cc3ccc(OCCC(C)(C)O)cc3cc2O)nn1)C1CC(C)(C)NC(C)(C)C1. The van der Waals surface area contributed by atoms with Gasteiger partial charge in [0.05, 0.1) is 23.6 Å². The summed E-state index contributed by atoms with van der Waals surface area (Å²) in [4.78, 5) is 4.45. The molecule has 6 N–H and O–H groups in total. The van der Waals surface area contributed by atoms with Gasteiger partial charge >= 0.3 is 0 Å². The molecule has 0 aliphatic carbocycles. The number of nitrogens with zero attached hydrogens (tertiary/aromatic N) is 6. The normalized spacial score (nSPS) is 17.8. The molecule has 0 atom stereocenters. The lowest BCUT2D eigenvalue weighted by molar-refractivity contribution is 0.0553. The van der Waals surface area contributed by atoms with Gasteiger partial charge in [-0.15, -0.1) is 20.4 Å². The molecule has 2 saturated heterocycles. The van der Waals surface area contributed by atoms with Crippen LogP contribution in [-0.2, 0) is 0 Å². The van der Waals surface area contributed by atoms with Crippen molar-refractivity contribution in [3.8, 4) is 45.5 Å². The minimum Gasteiger partial charge on any atom is -0.507 e. The van der Waals surface area contributed by atoms with Gasteiger partial charge in [-0.05, 0) is 203 Å². The standard InChI is InChI=1S/2C29H40N4O3/c1-27(2)17-21(18-28(3,4)32-27)33(7)26-11-10-24(30-31-26)23-15-19-8-9-22(14-20(19)16-25(23)34)36-13-12-29(5,6)35;1-27(2)17-21(18-28(3,4)32-27)33(7)26-11-10-24(30-31-26)23-15-19-8-9-22(14-20(19)16-25(23)35)36-29(5,6)12-13-34/h2*8-11,14-16,21,32,34-35H,12-13,17-18H2,1-7H3. The maximum atomic E-state index is 10.8. The van der Waals surface area contributed by atoms with Crippen LogP contribution < -0.4 is 29.9 Å². The third-order valence-electron chi connectivity index (χ3n) is 14.0. The highest BCUT2D eigenvalue weighted by molar-refractivity contribution is 5.92. The first-order chi connectivity index (χ1) is 33.5. The van der Waals surface area contributed by atoms with E-state index < -0.39 is 11.2 Å². The molecule has 0 saturated carbocycles. The zero-order valence-electron chi connectivity index (χ0n) is 45.2. The topological polar surface area (TPSA) is 181 Å².